The molecule has 1 aliphatic heterocycles. The summed E-state index contributed by atoms with van der Waals surface area (Å²) in [5, 5.41) is 8.88. The molecule has 0 saturated carbocycles. The highest BCUT2D eigenvalue weighted by atomic mass is 32.1. The van der Waals surface area contributed by atoms with Gasteiger partial charge in [0, 0.05) is 37.6 Å². The van der Waals surface area contributed by atoms with Crippen molar-refractivity contribution in [1.82, 2.24) is 15.2 Å². The fourth-order valence-electron chi connectivity index (χ4n) is 2.22. The second kappa shape index (κ2) is 5.48. The Balaban J connectivity index is 1.70. The summed E-state index contributed by atoms with van der Waals surface area (Å²) in [6, 6.07) is 4.82. The normalized spacial score (nSPS) is 21.3. The molecule has 1 atom stereocenters. The summed E-state index contributed by atoms with van der Waals surface area (Å²) >= 11 is 3.51. The van der Waals surface area contributed by atoms with Crippen LogP contribution in [0.25, 0.3) is 9.88 Å². The third-order valence-corrected chi connectivity index (χ3v) is 5.22. The van der Waals surface area contributed by atoms with E-state index in [4.69, 9.17) is 4.98 Å². The number of hydrogen-bond donors (Lipinski definition) is 1. The highest BCUT2D eigenvalue weighted by Gasteiger charge is 2.19. The van der Waals surface area contributed by atoms with Gasteiger partial charge in [0.1, 0.15) is 5.01 Å². The Kier molecular flexibility index (Phi) is 3.75. The van der Waals surface area contributed by atoms with Crippen LogP contribution in [-0.2, 0) is 6.54 Å². The number of piperazine rings is 1. The number of aromatic nitrogens is 1. The van der Waals surface area contributed by atoms with Crippen molar-refractivity contribution in [3.8, 4) is 9.88 Å². The number of nitrogens with one attached hydrogen (secondary N) is 1. The van der Waals surface area contributed by atoms with Crippen LogP contribution in [0.5, 0.6) is 0 Å². The molecule has 2 aromatic rings. The van der Waals surface area contributed by atoms with Crippen LogP contribution in [0.1, 0.15) is 12.6 Å². The third-order valence-electron chi connectivity index (χ3n) is 3.29. The van der Waals surface area contributed by atoms with Crippen LogP contribution in [0.4, 0.5) is 0 Å². The molecular formula is C13H17N3S2. The van der Waals surface area contributed by atoms with Crippen molar-refractivity contribution in [2.24, 2.45) is 0 Å². The van der Waals surface area contributed by atoms with Gasteiger partial charge in [-0.25, -0.2) is 4.98 Å². The highest BCUT2D eigenvalue weighted by Crippen LogP contribution is 2.28. The molecule has 0 amide bonds. The molecular weight excluding hydrogens is 262 g/mol. The molecule has 1 fully saturated rings. The van der Waals surface area contributed by atoms with Crippen molar-refractivity contribution >= 4 is 22.7 Å². The van der Waals surface area contributed by atoms with Gasteiger partial charge in [-0.1, -0.05) is 6.07 Å². The smallest absolute Gasteiger partial charge is 0.133 e. The summed E-state index contributed by atoms with van der Waals surface area (Å²) in [6.45, 7) is 6.55. The Hall–Kier alpha value is -0.750. The molecule has 3 nitrogen and oxygen atoms in total. The first-order chi connectivity index (χ1) is 8.83. The van der Waals surface area contributed by atoms with Gasteiger partial charge in [-0.2, -0.15) is 0 Å². The quantitative estimate of drug-likeness (QED) is 0.936. The molecule has 1 saturated heterocycles. The minimum Gasteiger partial charge on any atom is -0.314 e. The van der Waals surface area contributed by atoms with Gasteiger partial charge in [0.25, 0.3) is 0 Å². The average molecular weight is 279 g/mol. The first kappa shape index (κ1) is 12.3. The summed E-state index contributed by atoms with van der Waals surface area (Å²) in [5.41, 5.74) is 1.21. The van der Waals surface area contributed by atoms with E-state index < -0.39 is 0 Å². The zero-order valence-corrected chi connectivity index (χ0v) is 12.1. The monoisotopic (exact) mass is 279 g/mol. The van der Waals surface area contributed by atoms with Crippen molar-refractivity contribution in [2.75, 3.05) is 19.6 Å². The van der Waals surface area contributed by atoms with E-state index in [0.29, 0.717) is 6.04 Å². The van der Waals surface area contributed by atoms with Crippen LogP contribution in [-0.4, -0.2) is 35.6 Å². The molecule has 5 heteroatoms. The third kappa shape index (κ3) is 2.64. The highest BCUT2D eigenvalue weighted by molar-refractivity contribution is 7.20. The van der Waals surface area contributed by atoms with Crippen molar-refractivity contribution in [2.45, 2.75) is 19.5 Å². The summed E-state index contributed by atoms with van der Waals surface area (Å²) in [7, 11) is 0. The number of thiazole rings is 1. The molecule has 2 aromatic heterocycles. The molecule has 0 aliphatic carbocycles. The Morgan fingerprint density at radius 2 is 2.44 bits per heavy atom. The average Bonchev–Trinajstić information content (AvgIpc) is 3.02. The molecule has 0 unspecified atom stereocenters. The van der Waals surface area contributed by atoms with E-state index in [0.717, 1.165) is 31.2 Å². The van der Waals surface area contributed by atoms with Crippen molar-refractivity contribution in [1.29, 1.82) is 0 Å². The van der Waals surface area contributed by atoms with Gasteiger partial charge in [0.15, 0.2) is 0 Å². The van der Waals surface area contributed by atoms with Crippen molar-refractivity contribution in [3.05, 3.63) is 28.6 Å². The summed E-state index contributed by atoms with van der Waals surface area (Å²) < 4.78 is 0. The summed E-state index contributed by atoms with van der Waals surface area (Å²) in [6.07, 6.45) is 0. The molecule has 96 valence electrons. The van der Waals surface area contributed by atoms with E-state index in [2.05, 4.69) is 40.0 Å². The fraction of sp³-hybridized carbons (Fsp3) is 0.462. The molecule has 3 heterocycles. The maximum Gasteiger partial charge on any atom is 0.133 e. The van der Waals surface area contributed by atoms with E-state index in [1.165, 1.54) is 10.6 Å². The maximum absolute atomic E-state index is 4.75. The number of rotatable bonds is 3. The predicted octanol–water partition coefficient (Wildman–Crippen LogP) is 2.67. The molecule has 0 bridgehead atoms. The predicted molar refractivity (Wildman–Crippen MR) is 78.2 cm³/mol. The van der Waals surface area contributed by atoms with Crippen LogP contribution in [0, 0.1) is 0 Å². The molecule has 0 spiro atoms. The largest absolute Gasteiger partial charge is 0.314 e. The fourth-order valence-corrected chi connectivity index (χ4v) is 3.84. The Morgan fingerprint density at radius 1 is 1.50 bits per heavy atom. The van der Waals surface area contributed by atoms with Crippen LogP contribution in [0.2, 0.25) is 0 Å². The van der Waals surface area contributed by atoms with Crippen molar-refractivity contribution in [3.63, 3.8) is 0 Å². The topological polar surface area (TPSA) is 28.2 Å². The van der Waals surface area contributed by atoms with Gasteiger partial charge in [0.2, 0.25) is 0 Å². The second-order valence-electron chi connectivity index (χ2n) is 4.64. The number of hydrogen-bond acceptors (Lipinski definition) is 5. The zero-order valence-electron chi connectivity index (χ0n) is 10.4. The Morgan fingerprint density at radius 3 is 3.22 bits per heavy atom. The van der Waals surface area contributed by atoms with Gasteiger partial charge in [-0.3, -0.25) is 4.90 Å². The van der Waals surface area contributed by atoms with E-state index in [1.807, 2.05) is 0 Å². The lowest BCUT2D eigenvalue weighted by Crippen LogP contribution is -2.49. The van der Waals surface area contributed by atoms with Crippen LogP contribution in [0.15, 0.2) is 22.9 Å². The molecule has 0 aromatic carbocycles. The van der Waals surface area contributed by atoms with Gasteiger partial charge in [-0.05, 0) is 18.4 Å². The lowest BCUT2D eigenvalue weighted by atomic mass is 10.2. The minimum atomic E-state index is 0.602. The van der Waals surface area contributed by atoms with E-state index in [1.54, 1.807) is 22.7 Å². The zero-order chi connectivity index (χ0) is 12.4. The van der Waals surface area contributed by atoms with E-state index in [-0.39, 0.29) is 0 Å². The van der Waals surface area contributed by atoms with Crippen molar-refractivity contribution < 1.29 is 0 Å². The molecule has 1 N–H and O–H groups in total. The Labute approximate surface area is 115 Å². The summed E-state index contributed by atoms with van der Waals surface area (Å²) in [4.78, 5) is 8.53. The lowest BCUT2D eigenvalue weighted by Gasteiger charge is -2.33. The van der Waals surface area contributed by atoms with Crippen LogP contribution >= 0.6 is 22.7 Å². The Bertz CT molecular complexity index is 492. The molecule has 3 rings (SSSR count). The molecule has 1 aliphatic rings. The van der Waals surface area contributed by atoms with E-state index in [9.17, 15) is 0 Å². The molecule has 18 heavy (non-hydrogen) atoms. The first-order valence-corrected chi connectivity index (χ1v) is 8.02. The van der Waals surface area contributed by atoms with Gasteiger partial charge >= 0.3 is 0 Å². The number of thiophene rings is 1. The standard InChI is InChI=1S/C13H17N3S2/c1-10-7-14-4-5-16(10)8-11-9-18-13(15-11)12-3-2-6-17-12/h2-3,6,9-10,14H,4-5,7-8H2,1H3/t10-/m0/s1. The minimum absolute atomic E-state index is 0.602. The van der Waals surface area contributed by atoms with E-state index >= 15 is 0 Å². The van der Waals surface area contributed by atoms with Gasteiger partial charge in [0.05, 0.1) is 10.6 Å². The maximum atomic E-state index is 4.75. The second-order valence-corrected chi connectivity index (χ2v) is 6.45. The first-order valence-electron chi connectivity index (χ1n) is 6.26. The molecule has 0 radical (unpaired) electrons. The SMILES string of the molecule is C[C@H]1CNCCN1Cc1csc(-c2cccs2)n1. The van der Waals surface area contributed by atoms with Crippen LogP contribution in [0.3, 0.4) is 0 Å². The lowest BCUT2D eigenvalue weighted by molar-refractivity contribution is 0.164. The number of nitrogens with zero attached hydrogens (tertiary/aromatic N) is 2. The summed E-state index contributed by atoms with van der Waals surface area (Å²) in [5.74, 6) is 0. The van der Waals surface area contributed by atoms with Crippen LogP contribution < -0.4 is 5.32 Å². The van der Waals surface area contributed by atoms with Gasteiger partial charge < -0.3 is 5.32 Å². The van der Waals surface area contributed by atoms with Gasteiger partial charge in [-0.15, -0.1) is 22.7 Å².